The van der Waals surface area contributed by atoms with E-state index in [1.165, 1.54) is 6.39 Å². The number of aromatic nitrogens is 1. The zero-order valence-corrected chi connectivity index (χ0v) is 10.5. The fourth-order valence-corrected chi connectivity index (χ4v) is 2.07. The van der Waals surface area contributed by atoms with E-state index in [1.54, 1.807) is 7.11 Å². The zero-order chi connectivity index (χ0) is 13.1. The highest BCUT2D eigenvalue weighted by atomic mass is 16.5. The van der Waals surface area contributed by atoms with E-state index in [0.29, 0.717) is 0 Å². The minimum atomic E-state index is 0.755. The largest absolute Gasteiger partial charge is 0.496 e. The van der Waals surface area contributed by atoms with Crippen molar-refractivity contribution >= 4 is 0 Å². The minimum absolute atomic E-state index is 0.755. The number of benzene rings is 2. The first-order valence-corrected chi connectivity index (χ1v) is 6.02. The first kappa shape index (κ1) is 11.5. The van der Waals surface area contributed by atoms with Gasteiger partial charge in [0.15, 0.2) is 12.2 Å². The van der Waals surface area contributed by atoms with Crippen LogP contribution in [0.3, 0.4) is 0 Å². The Kier molecular flexibility index (Phi) is 3.02. The Balaban J connectivity index is 2.15. The molecule has 3 heteroatoms. The summed E-state index contributed by atoms with van der Waals surface area (Å²) in [5.74, 6) is 1.54. The molecule has 3 nitrogen and oxygen atoms in total. The molecule has 0 saturated carbocycles. The van der Waals surface area contributed by atoms with Gasteiger partial charge in [0.25, 0.3) is 0 Å². The third kappa shape index (κ3) is 2.10. The van der Waals surface area contributed by atoms with Gasteiger partial charge in [0, 0.05) is 11.1 Å². The number of hydrogen-bond acceptors (Lipinski definition) is 3. The molecule has 0 spiro atoms. The van der Waals surface area contributed by atoms with Gasteiger partial charge in [0.2, 0.25) is 0 Å². The van der Waals surface area contributed by atoms with Gasteiger partial charge >= 0.3 is 0 Å². The molecule has 0 aliphatic heterocycles. The van der Waals surface area contributed by atoms with E-state index >= 15 is 0 Å². The summed E-state index contributed by atoms with van der Waals surface area (Å²) in [6.45, 7) is 0. The van der Waals surface area contributed by atoms with E-state index in [2.05, 4.69) is 4.98 Å². The van der Waals surface area contributed by atoms with Crippen molar-refractivity contribution in [1.29, 1.82) is 0 Å². The Hall–Kier alpha value is -2.55. The molecule has 19 heavy (non-hydrogen) atoms. The number of para-hydroxylation sites is 1. The van der Waals surface area contributed by atoms with E-state index < -0.39 is 0 Å². The summed E-state index contributed by atoms with van der Waals surface area (Å²) in [6.07, 6.45) is 1.46. The fourth-order valence-electron chi connectivity index (χ4n) is 2.07. The molecule has 3 aromatic rings. The molecule has 0 unspecified atom stereocenters. The monoisotopic (exact) mass is 251 g/mol. The molecular formula is C16H13NO2. The van der Waals surface area contributed by atoms with E-state index in [9.17, 15) is 0 Å². The number of nitrogens with zero attached hydrogens (tertiary/aromatic N) is 1. The zero-order valence-electron chi connectivity index (χ0n) is 10.5. The van der Waals surface area contributed by atoms with Crippen molar-refractivity contribution in [3.63, 3.8) is 0 Å². The Bertz CT molecular complexity index is 674. The van der Waals surface area contributed by atoms with Crippen LogP contribution in [0.15, 0.2) is 65.4 Å². The fraction of sp³-hybridized carbons (Fsp3) is 0.0625. The van der Waals surface area contributed by atoms with Crippen LogP contribution in [0.2, 0.25) is 0 Å². The summed E-state index contributed by atoms with van der Waals surface area (Å²) in [5, 5.41) is 0. The van der Waals surface area contributed by atoms with E-state index in [1.807, 2.05) is 54.6 Å². The van der Waals surface area contributed by atoms with Crippen molar-refractivity contribution in [1.82, 2.24) is 4.98 Å². The maximum Gasteiger partial charge on any atom is 0.182 e. The van der Waals surface area contributed by atoms with Crippen molar-refractivity contribution in [2.24, 2.45) is 0 Å². The SMILES string of the molecule is COc1ccccc1-c1ncoc1-c1ccccc1. The van der Waals surface area contributed by atoms with Crippen LogP contribution in [0.1, 0.15) is 0 Å². The van der Waals surface area contributed by atoms with Gasteiger partial charge < -0.3 is 9.15 Å². The molecule has 2 aromatic carbocycles. The van der Waals surface area contributed by atoms with Crippen LogP contribution >= 0.6 is 0 Å². The topological polar surface area (TPSA) is 35.3 Å². The van der Waals surface area contributed by atoms with Gasteiger partial charge in [-0.3, -0.25) is 0 Å². The second-order valence-electron chi connectivity index (χ2n) is 4.10. The van der Waals surface area contributed by atoms with Gasteiger partial charge in [-0.15, -0.1) is 0 Å². The van der Waals surface area contributed by atoms with Crippen LogP contribution in [-0.2, 0) is 0 Å². The molecule has 1 aromatic heterocycles. The Morgan fingerprint density at radius 3 is 2.47 bits per heavy atom. The van der Waals surface area contributed by atoms with Crippen LogP contribution in [0.4, 0.5) is 0 Å². The Morgan fingerprint density at radius 1 is 0.947 bits per heavy atom. The number of methoxy groups -OCH3 is 1. The predicted octanol–water partition coefficient (Wildman–Crippen LogP) is 4.02. The summed E-state index contributed by atoms with van der Waals surface area (Å²) >= 11 is 0. The Morgan fingerprint density at radius 2 is 1.68 bits per heavy atom. The average molecular weight is 251 g/mol. The third-order valence-corrected chi connectivity index (χ3v) is 2.97. The first-order valence-electron chi connectivity index (χ1n) is 6.02. The number of hydrogen-bond donors (Lipinski definition) is 0. The number of oxazole rings is 1. The lowest BCUT2D eigenvalue weighted by Crippen LogP contribution is -1.89. The quantitative estimate of drug-likeness (QED) is 0.705. The summed E-state index contributed by atoms with van der Waals surface area (Å²) in [4.78, 5) is 4.32. The lowest BCUT2D eigenvalue weighted by atomic mass is 10.1. The van der Waals surface area contributed by atoms with Gasteiger partial charge in [0.05, 0.1) is 7.11 Å². The van der Waals surface area contributed by atoms with Gasteiger partial charge in [0.1, 0.15) is 11.4 Å². The van der Waals surface area contributed by atoms with Crippen molar-refractivity contribution < 1.29 is 9.15 Å². The van der Waals surface area contributed by atoms with Crippen molar-refractivity contribution in [3.05, 3.63) is 61.0 Å². The van der Waals surface area contributed by atoms with Crippen LogP contribution < -0.4 is 4.74 Å². The molecule has 0 aliphatic rings. The van der Waals surface area contributed by atoms with E-state index in [-0.39, 0.29) is 0 Å². The highest BCUT2D eigenvalue weighted by molar-refractivity contribution is 5.79. The summed E-state index contributed by atoms with van der Waals surface area (Å²) < 4.78 is 10.9. The maximum atomic E-state index is 5.54. The van der Waals surface area contributed by atoms with Gasteiger partial charge in [-0.25, -0.2) is 4.98 Å². The highest BCUT2D eigenvalue weighted by Crippen LogP contribution is 2.35. The predicted molar refractivity (Wildman–Crippen MR) is 73.9 cm³/mol. The van der Waals surface area contributed by atoms with Gasteiger partial charge in [-0.1, -0.05) is 42.5 Å². The average Bonchev–Trinajstić information content (AvgIpc) is 2.97. The molecule has 0 aliphatic carbocycles. The number of ether oxygens (including phenoxy) is 1. The molecule has 0 fully saturated rings. The normalized spacial score (nSPS) is 10.4. The third-order valence-electron chi connectivity index (χ3n) is 2.97. The van der Waals surface area contributed by atoms with Crippen molar-refractivity contribution in [2.45, 2.75) is 0 Å². The summed E-state index contributed by atoms with van der Waals surface area (Å²) in [7, 11) is 1.65. The molecule has 0 amide bonds. The molecule has 0 bridgehead atoms. The molecule has 3 rings (SSSR count). The van der Waals surface area contributed by atoms with Crippen LogP contribution in [0, 0.1) is 0 Å². The lowest BCUT2D eigenvalue weighted by molar-refractivity contribution is 0.416. The standard InChI is InChI=1S/C16H13NO2/c1-18-14-10-6-5-9-13(14)15-16(19-11-17-15)12-7-3-2-4-8-12/h2-11H,1H3. The van der Waals surface area contributed by atoms with Gasteiger partial charge in [-0.05, 0) is 12.1 Å². The molecule has 94 valence electrons. The minimum Gasteiger partial charge on any atom is -0.496 e. The van der Waals surface area contributed by atoms with Crippen LogP contribution in [0.5, 0.6) is 5.75 Å². The molecule has 0 radical (unpaired) electrons. The Labute approximate surface area is 111 Å². The maximum absolute atomic E-state index is 5.54. The molecular weight excluding hydrogens is 238 g/mol. The number of rotatable bonds is 3. The molecule has 0 N–H and O–H groups in total. The smallest absolute Gasteiger partial charge is 0.182 e. The van der Waals surface area contributed by atoms with E-state index in [4.69, 9.17) is 9.15 Å². The lowest BCUT2D eigenvalue weighted by Gasteiger charge is -2.07. The van der Waals surface area contributed by atoms with Gasteiger partial charge in [-0.2, -0.15) is 0 Å². The first-order chi connectivity index (χ1) is 9.40. The molecule has 1 heterocycles. The summed E-state index contributed by atoms with van der Waals surface area (Å²) in [5.41, 5.74) is 2.72. The second-order valence-corrected chi connectivity index (χ2v) is 4.10. The second kappa shape index (κ2) is 4.98. The molecule has 0 atom stereocenters. The van der Waals surface area contributed by atoms with Crippen LogP contribution in [-0.4, -0.2) is 12.1 Å². The van der Waals surface area contributed by atoms with Crippen molar-refractivity contribution in [2.75, 3.05) is 7.11 Å². The van der Waals surface area contributed by atoms with Crippen molar-refractivity contribution in [3.8, 4) is 28.3 Å². The summed E-state index contributed by atoms with van der Waals surface area (Å²) in [6, 6.07) is 17.7. The highest BCUT2D eigenvalue weighted by Gasteiger charge is 2.15. The van der Waals surface area contributed by atoms with Crippen LogP contribution in [0.25, 0.3) is 22.6 Å². The molecule has 0 saturated heterocycles. The van der Waals surface area contributed by atoms with E-state index in [0.717, 1.165) is 28.3 Å².